The highest BCUT2D eigenvalue weighted by Gasteiger charge is 2.59. The molecule has 2 heterocycles. The van der Waals surface area contributed by atoms with Gasteiger partial charge in [0.15, 0.2) is 23.2 Å². The molecule has 2 fully saturated rings. The molecule has 0 bridgehead atoms. The van der Waals surface area contributed by atoms with Gasteiger partial charge in [-0.25, -0.2) is 8.42 Å². The molecule has 4 rings (SSSR count). The van der Waals surface area contributed by atoms with E-state index in [1.807, 2.05) is 30.3 Å². The predicted octanol–water partition coefficient (Wildman–Crippen LogP) is 3.50. The number of aliphatic hydroxyl groups excluding tert-OH is 1. The maximum absolute atomic E-state index is 12.9. The van der Waals surface area contributed by atoms with Gasteiger partial charge < -0.3 is 24.1 Å². The van der Waals surface area contributed by atoms with Crippen LogP contribution < -0.4 is 0 Å². The maximum atomic E-state index is 12.9. The van der Waals surface area contributed by atoms with E-state index >= 15 is 0 Å². The van der Waals surface area contributed by atoms with Crippen molar-refractivity contribution in [3.05, 3.63) is 82.0 Å². The molecule has 0 saturated carbocycles. The molecular weight excluding hydrogens is 436 g/mol. The first-order chi connectivity index (χ1) is 15.2. The topological polar surface area (TPSA) is 119 Å². The zero-order valence-corrected chi connectivity index (χ0v) is 18.3. The van der Waals surface area contributed by atoms with Gasteiger partial charge in [0.25, 0.3) is 9.84 Å². The van der Waals surface area contributed by atoms with Crippen LogP contribution in [0.4, 0.5) is 0 Å². The van der Waals surface area contributed by atoms with Crippen LogP contribution in [-0.4, -0.2) is 43.9 Å². The van der Waals surface area contributed by atoms with Crippen molar-refractivity contribution in [1.82, 2.24) is 0 Å². The fourth-order valence-corrected chi connectivity index (χ4v) is 4.98. The number of ether oxygens (including phenoxy) is 4. The molecule has 0 spiro atoms. The van der Waals surface area contributed by atoms with Crippen LogP contribution in [-0.2, 0) is 35.4 Å². The molecule has 9 nitrogen and oxygen atoms in total. The number of sulfone groups is 1. The summed E-state index contributed by atoms with van der Waals surface area (Å²) in [5.41, 5.74) is 0.895. The highest BCUT2D eigenvalue weighted by molar-refractivity contribution is 7.95. The number of nitrogens with zero attached hydrogens (tertiary/aromatic N) is 2. The lowest BCUT2D eigenvalue weighted by Gasteiger charge is -2.23. The van der Waals surface area contributed by atoms with Gasteiger partial charge in [-0.05, 0) is 31.5 Å². The Morgan fingerprint density at radius 3 is 2.28 bits per heavy atom. The Bertz CT molecular complexity index is 1140. The molecule has 2 aromatic rings. The summed E-state index contributed by atoms with van der Waals surface area (Å²) >= 11 is 0. The van der Waals surface area contributed by atoms with E-state index in [4.69, 9.17) is 18.9 Å². The Hall–Kier alpha value is -2.81. The van der Waals surface area contributed by atoms with Crippen molar-refractivity contribution < 1.29 is 32.5 Å². The SMILES string of the molecule is CC1(C)O[C@@H]2[C@H](OCc3ccccc3)O[C@H](/C(O)=C(/[N+]#N)S(=O)(=O)c3ccccc3)[C@@H]2O1. The lowest BCUT2D eigenvalue weighted by atomic mass is 10.1. The Labute approximate surface area is 185 Å². The van der Waals surface area contributed by atoms with Gasteiger partial charge in [-0.1, -0.05) is 48.5 Å². The van der Waals surface area contributed by atoms with E-state index in [0.29, 0.717) is 0 Å². The number of rotatable bonds is 6. The minimum atomic E-state index is -4.32. The van der Waals surface area contributed by atoms with E-state index in [1.54, 1.807) is 19.9 Å². The Balaban J connectivity index is 1.64. The van der Waals surface area contributed by atoms with E-state index < -0.39 is 51.0 Å². The average molecular weight is 460 g/mol. The Morgan fingerprint density at radius 1 is 1.06 bits per heavy atom. The van der Waals surface area contributed by atoms with Crippen molar-refractivity contribution in [1.29, 1.82) is 5.39 Å². The fourth-order valence-electron chi connectivity index (χ4n) is 3.74. The van der Waals surface area contributed by atoms with Crippen molar-refractivity contribution in [3.8, 4) is 0 Å². The summed E-state index contributed by atoms with van der Waals surface area (Å²) in [6.07, 6.45) is -3.85. The number of aliphatic hydroxyl groups is 1. The van der Waals surface area contributed by atoms with Crippen LogP contribution in [0.5, 0.6) is 0 Å². The normalized spacial score (nSPS) is 27.4. The van der Waals surface area contributed by atoms with E-state index in [-0.39, 0.29) is 11.5 Å². The van der Waals surface area contributed by atoms with Gasteiger partial charge in [0.05, 0.1) is 11.5 Å². The van der Waals surface area contributed by atoms with E-state index in [0.717, 1.165) is 5.56 Å². The summed E-state index contributed by atoms with van der Waals surface area (Å²) in [4.78, 5) is 2.73. The summed E-state index contributed by atoms with van der Waals surface area (Å²) in [5, 5.41) is 19.4. The minimum Gasteiger partial charge on any atom is -0.502 e. The molecule has 0 amide bonds. The fraction of sp³-hybridized carbons (Fsp3) is 0.364. The quantitative estimate of drug-likeness (QED) is 0.515. The number of fused-ring (bicyclic) bond motifs is 1. The lowest BCUT2D eigenvalue weighted by molar-refractivity contribution is -0.234. The van der Waals surface area contributed by atoms with Crippen molar-refractivity contribution in [2.75, 3.05) is 0 Å². The minimum absolute atomic E-state index is 0.144. The van der Waals surface area contributed by atoms with Gasteiger partial charge >= 0.3 is 5.03 Å². The number of hydrogen-bond donors (Lipinski definition) is 1. The molecular formula is C22H23N2O7S+. The summed E-state index contributed by atoms with van der Waals surface area (Å²) < 4.78 is 49.3. The molecule has 4 atom stereocenters. The highest BCUT2D eigenvalue weighted by Crippen LogP contribution is 2.42. The van der Waals surface area contributed by atoms with Crippen LogP contribution >= 0.6 is 0 Å². The van der Waals surface area contributed by atoms with E-state index in [9.17, 15) is 18.9 Å². The van der Waals surface area contributed by atoms with Gasteiger partial charge in [-0.15, -0.1) is 0 Å². The molecule has 168 valence electrons. The first-order valence-electron chi connectivity index (χ1n) is 9.98. The Kier molecular flexibility index (Phi) is 6.03. The van der Waals surface area contributed by atoms with Crippen molar-refractivity contribution >= 4 is 9.84 Å². The van der Waals surface area contributed by atoms with Crippen molar-refractivity contribution in [2.45, 2.75) is 55.7 Å². The third-order valence-electron chi connectivity index (χ3n) is 5.16. The first kappa shape index (κ1) is 22.4. The molecule has 2 aromatic carbocycles. The summed E-state index contributed by atoms with van der Waals surface area (Å²) in [6, 6.07) is 16.7. The third-order valence-corrected chi connectivity index (χ3v) is 6.85. The summed E-state index contributed by atoms with van der Waals surface area (Å²) in [7, 11) is -4.32. The molecule has 1 N–H and O–H groups in total. The first-order valence-corrected chi connectivity index (χ1v) is 11.5. The zero-order valence-electron chi connectivity index (χ0n) is 17.5. The molecule has 0 unspecified atom stereocenters. The zero-order chi connectivity index (χ0) is 22.9. The van der Waals surface area contributed by atoms with Crippen molar-refractivity contribution in [3.63, 3.8) is 0 Å². The standard InChI is InChI=1S/C22H22N2O7S/c1-22(2)30-18-17(16(25)20(24-23)32(26,27)15-11-7-4-8-12-15)29-21(19(18)31-22)28-13-14-9-5-3-6-10-14/h3-12,17-19,21H,13H2,1-2H3/p+1/b20-16+/t17-,18+,19+,21-/m1/s1. The van der Waals surface area contributed by atoms with Gasteiger partial charge in [0.2, 0.25) is 11.2 Å². The molecule has 0 radical (unpaired) electrons. The Morgan fingerprint density at radius 2 is 1.66 bits per heavy atom. The van der Waals surface area contributed by atoms with Crippen LogP contribution in [0.15, 0.2) is 76.3 Å². The second-order valence-electron chi connectivity index (χ2n) is 7.89. The van der Waals surface area contributed by atoms with Crippen LogP contribution in [0.25, 0.3) is 4.98 Å². The molecule has 0 aliphatic carbocycles. The van der Waals surface area contributed by atoms with Crippen LogP contribution in [0.1, 0.15) is 19.4 Å². The molecule has 32 heavy (non-hydrogen) atoms. The smallest absolute Gasteiger partial charge is 0.502 e. The second-order valence-corrected chi connectivity index (χ2v) is 9.76. The van der Waals surface area contributed by atoms with Gasteiger partial charge in [0, 0.05) is 0 Å². The van der Waals surface area contributed by atoms with Crippen LogP contribution in [0.2, 0.25) is 0 Å². The van der Waals surface area contributed by atoms with Gasteiger partial charge in [0.1, 0.15) is 12.2 Å². The number of benzene rings is 2. The van der Waals surface area contributed by atoms with E-state index in [2.05, 4.69) is 4.98 Å². The van der Waals surface area contributed by atoms with Crippen molar-refractivity contribution in [2.24, 2.45) is 0 Å². The average Bonchev–Trinajstić information content (AvgIpc) is 3.26. The van der Waals surface area contributed by atoms with Crippen LogP contribution in [0.3, 0.4) is 0 Å². The number of hydrogen-bond acceptors (Lipinski definition) is 8. The molecule has 0 aromatic heterocycles. The molecule has 2 aliphatic rings. The highest BCUT2D eigenvalue weighted by atomic mass is 32.2. The van der Waals surface area contributed by atoms with Gasteiger partial charge in [-0.2, -0.15) is 0 Å². The molecule has 10 heteroatoms. The number of diazo groups is 1. The van der Waals surface area contributed by atoms with Gasteiger partial charge in [-0.3, -0.25) is 0 Å². The van der Waals surface area contributed by atoms with Crippen LogP contribution in [0, 0.1) is 5.39 Å². The second kappa shape index (κ2) is 8.61. The predicted molar refractivity (Wildman–Crippen MR) is 112 cm³/mol. The summed E-state index contributed by atoms with van der Waals surface area (Å²) in [6.45, 7) is 3.58. The summed E-state index contributed by atoms with van der Waals surface area (Å²) in [5.74, 6) is -1.81. The monoisotopic (exact) mass is 459 g/mol. The van der Waals surface area contributed by atoms with E-state index in [1.165, 1.54) is 24.3 Å². The molecule has 2 aliphatic heterocycles. The third kappa shape index (κ3) is 4.26. The lowest BCUT2D eigenvalue weighted by Crippen LogP contribution is -2.32. The maximum Gasteiger partial charge on any atom is 0.518 e. The largest absolute Gasteiger partial charge is 0.518 e. The molecule has 2 saturated heterocycles.